The molecule has 27 heavy (non-hydrogen) atoms. The molecule has 6 heteroatoms. The van der Waals surface area contributed by atoms with Crippen molar-refractivity contribution in [2.24, 2.45) is 4.99 Å². The highest BCUT2D eigenvalue weighted by Gasteiger charge is 2.15. The van der Waals surface area contributed by atoms with Crippen molar-refractivity contribution < 1.29 is 4.74 Å². The van der Waals surface area contributed by atoms with Crippen LogP contribution in [0.25, 0.3) is 0 Å². The van der Waals surface area contributed by atoms with Gasteiger partial charge in [0.25, 0.3) is 0 Å². The normalized spacial score (nSPS) is 11.6. The Kier molecular flexibility index (Phi) is 9.02. The van der Waals surface area contributed by atoms with Gasteiger partial charge in [-0.25, -0.2) is 0 Å². The highest BCUT2D eigenvalue weighted by Crippen LogP contribution is 2.24. The van der Waals surface area contributed by atoms with Crippen LogP contribution >= 0.6 is 24.0 Å². The molecule has 0 saturated heterocycles. The van der Waals surface area contributed by atoms with E-state index in [0.29, 0.717) is 13.1 Å². The number of guanidine groups is 1. The van der Waals surface area contributed by atoms with Crippen molar-refractivity contribution in [1.29, 1.82) is 0 Å². The summed E-state index contributed by atoms with van der Waals surface area (Å²) in [6.07, 6.45) is 1.81. The molecular formula is C21H31IN4O. The fourth-order valence-corrected chi connectivity index (χ4v) is 2.50. The van der Waals surface area contributed by atoms with Crippen LogP contribution in [0.4, 0.5) is 0 Å². The summed E-state index contributed by atoms with van der Waals surface area (Å²) in [6, 6.07) is 10.3. The number of aliphatic imine (C=N–C) groups is 1. The number of aryl methyl sites for hydroxylation is 2. The Bertz CT molecular complexity index is 769. The SMILES string of the molecule is CN=C(NCc1ccc(C)cc1OC(C)(C)C)NCc1ncccc1C.I. The Morgan fingerprint density at radius 2 is 1.81 bits per heavy atom. The second-order valence-electron chi connectivity index (χ2n) is 7.37. The lowest BCUT2D eigenvalue weighted by atomic mass is 10.1. The van der Waals surface area contributed by atoms with Crippen LogP contribution in [0.15, 0.2) is 41.5 Å². The van der Waals surface area contributed by atoms with Crippen LogP contribution in [0.2, 0.25) is 0 Å². The smallest absolute Gasteiger partial charge is 0.191 e. The van der Waals surface area contributed by atoms with Gasteiger partial charge < -0.3 is 15.4 Å². The maximum Gasteiger partial charge on any atom is 0.191 e. The Labute approximate surface area is 180 Å². The molecule has 148 valence electrons. The van der Waals surface area contributed by atoms with Crippen molar-refractivity contribution in [2.45, 2.75) is 53.3 Å². The summed E-state index contributed by atoms with van der Waals surface area (Å²) in [5.41, 5.74) is 4.22. The highest BCUT2D eigenvalue weighted by molar-refractivity contribution is 14.0. The van der Waals surface area contributed by atoms with Gasteiger partial charge in [-0.15, -0.1) is 24.0 Å². The van der Waals surface area contributed by atoms with E-state index in [4.69, 9.17) is 4.74 Å². The predicted molar refractivity (Wildman–Crippen MR) is 123 cm³/mol. The van der Waals surface area contributed by atoms with Crippen LogP contribution in [-0.4, -0.2) is 23.6 Å². The first-order valence-corrected chi connectivity index (χ1v) is 8.92. The molecule has 1 aromatic carbocycles. The number of aromatic nitrogens is 1. The van der Waals surface area contributed by atoms with Gasteiger partial charge in [-0.05, 0) is 57.9 Å². The summed E-state index contributed by atoms with van der Waals surface area (Å²) in [5.74, 6) is 1.64. The van der Waals surface area contributed by atoms with E-state index < -0.39 is 0 Å². The summed E-state index contributed by atoms with van der Waals surface area (Å²) in [7, 11) is 1.77. The minimum absolute atomic E-state index is 0. The van der Waals surface area contributed by atoms with Crippen molar-refractivity contribution in [1.82, 2.24) is 15.6 Å². The lowest BCUT2D eigenvalue weighted by Gasteiger charge is -2.24. The molecule has 0 bridgehead atoms. The fraction of sp³-hybridized carbons (Fsp3) is 0.429. The molecule has 2 rings (SSSR count). The summed E-state index contributed by atoms with van der Waals surface area (Å²) < 4.78 is 6.11. The van der Waals surface area contributed by atoms with Gasteiger partial charge in [0.05, 0.1) is 12.2 Å². The molecule has 0 fully saturated rings. The van der Waals surface area contributed by atoms with Crippen LogP contribution in [0.3, 0.4) is 0 Å². The van der Waals surface area contributed by atoms with Crippen LogP contribution in [0.1, 0.15) is 43.2 Å². The summed E-state index contributed by atoms with van der Waals surface area (Å²) >= 11 is 0. The van der Waals surface area contributed by atoms with E-state index in [0.717, 1.165) is 28.5 Å². The largest absolute Gasteiger partial charge is 0.488 e. The third-order valence-corrected chi connectivity index (χ3v) is 3.85. The molecule has 0 spiro atoms. The first-order chi connectivity index (χ1) is 12.3. The molecule has 2 aromatic rings. The third-order valence-electron chi connectivity index (χ3n) is 3.85. The van der Waals surface area contributed by atoms with Crippen molar-refractivity contribution in [3.05, 3.63) is 58.9 Å². The molecule has 0 aliphatic heterocycles. The maximum absolute atomic E-state index is 6.11. The second-order valence-corrected chi connectivity index (χ2v) is 7.37. The van der Waals surface area contributed by atoms with E-state index in [1.807, 2.05) is 12.3 Å². The fourth-order valence-electron chi connectivity index (χ4n) is 2.50. The van der Waals surface area contributed by atoms with Gasteiger partial charge in [-0.2, -0.15) is 0 Å². The lowest BCUT2D eigenvalue weighted by Crippen LogP contribution is -2.37. The lowest BCUT2D eigenvalue weighted by molar-refractivity contribution is 0.129. The van der Waals surface area contributed by atoms with Crippen LogP contribution in [0.5, 0.6) is 5.75 Å². The molecule has 0 atom stereocenters. The van der Waals surface area contributed by atoms with Gasteiger partial charge in [0, 0.05) is 25.4 Å². The van der Waals surface area contributed by atoms with Gasteiger partial charge >= 0.3 is 0 Å². The number of ether oxygens (including phenoxy) is 1. The van der Waals surface area contributed by atoms with E-state index in [1.54, 1.807) is 7.05 Å². The monoisotopic (exact) mass is 482 g/mol. The third kappa shape index (κ3) is 7.74. The number of halogens is 1. The minimum Gasteiger partial charge on any atom is -0.488 e. The molecule has 1 heterocycles. The molecule has 0 aliphatic rings. The van der Waals surface area contributed by atoms with E-state index in [9.17, 15) is 0 Å². The van der Waals surface area contributed by atoms with Crippen molar-refractivity contribution in [3.63, 3.8) is 0 Å². The molecule has 0 saturated carbocycles. The minimum atomic E-state index is -0.237. The molecule has 0 amide bonds. The number of nitrogens with zero attached hydrogens (tertiary/aromatic N) is 2. The number of hydrogen-bond acceptors (Lipinski definition) is 3. The van der Waals surface area contributed by atoms with E-state index in [1.165, 1.54) is 5.56 Å². The summed E-state index contributed by atoms with van der Waals surface area (Å²) in [4.78, 5) is 8.70. The molecular weight excluding hydrogens is 451 g/mol. The molecule has 2 N–H and O–H groups in total. The number of pyridine rings is 1. The van der Waals surface area contributed by atoms with Gasteiger partial charge in [-0.3, -0.25) is 9.98 Å². The first-order valence-electron chi connectivity index (χ1n) is 8.92. The van der Waals surface area contributed by atoms with Crippen molar-refractivity contribution in [3.8, 4) is 5.75 Å². The molecule has 5 nitrogen and oxygen atoms in total. The van der Waals surface area contributed by atoms with Gasteiger partial charge in [-0.1, -0.05) is 18.2 Å². The van der Waals surface area contributed by atoms with E-state index >= 15 is 0 Å². The highest BCUT2D eigenvalue weighted by atomic mass is 127. The van der Waals surface area contributed by atoms with E-state index in [2.05, 4.69) is 79.5 Å². The van der Waals surface area contributed by atoms with E-state index in [-0.39, 0.29) is 29.6 Å². The Balaban J connectivity index is 0.00000364. The second kappa shape index (κ2) is 10.5. The molecule has 1 aromatic heterocycles. The Morgan fingerprint density at radius 3 is 2.44 bits per heavy atom. The average Bonchev–Trinajstić information content (AvgIpc) is 2.56. The molecule has 0 aliphatic carbocycles. The number of hydrogen-bond donors (Lipinski definition) is 2. The number of nitrogens with one attached hydrogen (secondary N) is 2. The zero-order chi connectivity index (χ0) is 19.2. The van der Waals surface area contributed by atoms with Crippen LogP contribution in [-0.2, 0) is 13.1 Å². The number of rotatable bonds is 5. The van der Waals surface area contributed by atoms with Crippen LogP contribution < -0.4 is 15.4 Å². The van der Waals surface area contributed by atoms with Gasteiger partial charge in [0.2, 0.25) is 0 Å². The Hall–Kier alpha value is -1.83. The van der Waals surface area contributed by atoms with Crippen LogP contribution in [0, 0.1) is 13.8 Å². The molecule has 0 radical (unpaired) electrons. The molecule has 0 unspecified atom stereocenters. The quantitative estimate of drug-likeness (QED) is 0.378. The number of benzene rings is 1. The maximum atomic E-state index is 6.11. The van der Waals surface area contributed by atoms with Crippen molar-refractivity contribution >= 4 is 29.9 Å². The van der Waals surface area contributed by atoms with Gasteiger partial charge in [0.1, 0.15) is 11.4 Å². The summed E-state index contributed by atoms with van der Waals surface area (Å²) in [5, 5.41) is 6.66. The zero-order valence-electron chi connectivity index (χ0n) is 17.1. The predicted octanol–water partition coefficient (Wildman–Crippen LogP) is 4.36. The topological polar surface area (TPSA) is 58.5 Å². The first kappa shape index (κ1) is 23.2. The van der Waals surface area contributed by atoms with Gasteiger partial charge in [0.15, 0.2) is 5.96 Å². The average molecular weight is 482 g/mol. The zero-order valence-corrected chi connectivity index (χ0v) is 19.4. The summed E-state index contributed by atoms with van der Waals surface area (Å²) in [6.45, 7) is 11.6. The Morgan fingerprint density at radius 1 is 1.11 bits per heavy atom. The standard InChI is InChI=1S/C21H30N4O.HI/c1-15-9-10-17(19(12-15)26-21(3,4)5)13-24-20(22-6)25-14-18-16(2)8-7-11-23-18;/h7-12H,13-14H2,1-6H3,(H2,22,24,25);1H. The van der Waals surface area contributed by atoms with Crippen molar-refractivity contribution in [2.75, 3.05) is 7.05 Å².